The zero-order chi connectivity index (χ0) is 13.7. The van der Waals surface area contributed by atoms with Gasteiger partial charge in [0.2, 0.25) is 6.29 Å². The van der Waals surface area contributed by atoms with Crippen molar-refractivity contribution in [3.8, 4) is 0 Å². The van der Waals surface area contributed by atoms with Crippen LogP contribution in [0.5, 0.6) is 0 Å². The van der Waals surface area contributed by atoms with Crippen LogP contribution in [0.2, 0.25) is 0 Å². The molecule has 0 N–H and O–H groups in total. The molecule has 0 heterocycles. The number of carbonyl (C=O) groups is 1. The molecule has 6 heteroatoms. The fraction of sp³-hybridized carbons (Fsp3) is 0.727. The van der Waals surface area contributed by atoms with E-state index in [1.807, 2.05) is 0 Å². The summed E-state index contributed by atoms with van der Waals surface area (Å²) in [5.41, 5.74) is -0.658. The van der Waals surface area contributed by atoms with Gasteiger partial charge in [0.1, 0.15) is 5.60 Å². The van der Waals surface area contributed by atoms with E-state index in [0.29, 0.717) is 0 Å². The highest BCUT2D eigenvalue weighted by Gasteiger charge is 2.35. The summed E-state index contributed by atoms with van der Waals surface area (Å²) in [5.74, 6) is 0. The average Bonchev–Trinajstić information content (AvgIpc) is 2.07. The summed E-state index contributed by atoms with van der Waals surface area (Å²) >= 11 is 11.6. The molecule has 0 aliphatic carbocycles. The second-order valence-electron chi connectivity index (χ2n) is 4.49. The Morgan fingerprint density at radius 3 is 2.24 bits per heavy atom. The molecule has 0 saturated carbocycles. The normalized spacial score (nSPS) is 14.0. The molecule has 0 aliphatic rings. The average molecular weight is 285 g/mol. The van der Waals surface area contributed by atoms with Crippen LogP contribution in [0.4, 0.5) is 4.79 Å². The second-order valence-corrected chi connectivity index (χ2v) is 6.26. The van der Waals surface area contributed by atoms with Crippen molar-refractivity contribution in [2.24, 2.45) is 0 Å². The van der Waals surface area contributed by atoms with E-state index in [1.54, 1.807) is 20.8 Å². The molecule has 0 aromatic carbocycles. The minimum Gasteiger partial charge on any atom is -0.429 e. The van der Waals surface area contributed by atoms with Crippen LogP contribution in [0.1, 0.15) is 27.7 Å². The summed E-state index contributed by atoms with van der Waals surface area (Å²) in [7, 11) is 0. The molecule has 4 nitrogen and oxygen atoms in total. The van der Waals surface area contributed by atoms with Crippen molar-refractivity contribution in [3.63, 3.8) is 0 Å². The van der Waals surface area contributed by atoms with Crippen molar-refractivity contribution in [1.82, 2.24) is 0 Å². The van der Waals surface area contributed by atoms with Crippen LogP contribution in [0.3, 0.4) is 0 Å². The van der Waals surface area contributed by atoms with Gasteiger partial charge in [-0.1, -0.05) is 29.3 Å². The van der Waals surface area contributed by atoms with Gasteiger partial charge in [0, 0.05) is 0 Å². The van der Waals surface area contributed by atoms with Crippen LogP contribution in [0.15, 0.2) is 12.7 Å². The van der Waals surface area contributed by atoms with Crippen LogP contribution in [0.25, 0.3) is 0 Å². The van der Waals surface area contributed by atoms with E-state index in [1.165, 1.54) is 13.0 Å². The van der Waals surface area contributed by atoms with Crippen molar-refractivity contribution < 1.29 is 19.0 Å². The van der Waals surface area contributed by atoms with Gasteiger partial charge < -0.3 is 14.2 Å². The lowest BCUT2D eigenvalue weighted by molar-refractivity contribution is -0.131. The molecule has 0 spiro atoms. The minimum atomic E-state index is -1.38. The first-order chi connectivity index (χ1) is 7.56. The highest BCUT2D eigenvalue weighted by molar-refractivity contribution is 6.48. The number of ether oxygens (including phenoxy) is 3. The SMILES string of the molecule is C=CCOC(OC(=O)OC(C)(C)C)C(C)(Cl)Cl. The highest BCUT2D eigenvalue weighted by Crippen LogP contribution is 2.28. The fourth-order valence-electron chi connectivity index (χ4n) is 0.801. The molecule has 1 atom stereocenters. The van der Waals surface area contributed by atoms with Crippen LogP contribution >= 0.6 is 23.2 Å². The topological polar surface area (TPSA) is 44.8 Å². The zero-order valence-corrected chi connectivity index (χ0v) is 12.0. The predicted molar refractivity (Wildman–Crippen MR) is 67.4 cm³/mol. The standard InChI is InChI=1S/C11H18Cl2O4/c1-6-7-15-8(11(5,12)13)16-9(14)17-10(2,3)4/h6,8H,1,7H2,2-5H3. The second kappa shape index (κ2) is 6.47. The summed E-state index contributed by atoms with van der Waals surface area (Å²) in [6.45, 7) is 10.2. The van der Waals surface area contributed by atoms with E-state index in [2.05, 4.69) is 6.58 Å². The Morgan fingerprint density at radius 2 is 1.88 bits per heavy atom. The summed E-state index contributed by atoms with van der Waals surface area (Å²) in [6.07, 6.45) is -0.525. The van der Waals surface area contributed by atoms with Gasteiger partial charge in [-0.05, 0) is 27.7 Å². The van der Waals surface area contributed by atoms with E-state index in [9.17, 15) is 4.79 Å². The Hall–Kier alpha value is -0.450. The van der Waals surface area contributed by atoms with Crippen molar-refractivity contribution >= 4 is 29.4 Å². The third-order valence-corrected chi connectivity index (χ3v) is 1.73. The largest absolute Gasteiger partial charge is 0.511 e. The highest BCUT2D eigenvalue weighted by atomic mass is 35.5. The summed E-state index contributed by atoms with van der Waals surface area (Å²) < 4.78 is 13.6. The van der Waals surface area contributed by atoms with Gasteiger partial charge in [0.05, 0.1) is 6.61 Å². The van der Waals surface area contributed by atoms with E-state index in [0.717, 1.165) is 0 Å². The van der Waals surface area contributed by atoms with Gasteiger partial charge in [0.25, 0.3) is 0 Å². The summed E-state index contributed by atoms with van der Waals surface area (Å²) in [4.78, 5) is 11.4. The van der Waals surface area contributed by atoms with Crippen molar-refractivity contribution in [1.29, 1.82) is 0 Å². The lowest BCUT2D eigenvalue weighted by Gasteiger charge is -2.27. The van der Waals surface area contributed by atoms with Gasteiger partial charge in [-0.2, -0.15) is 0 Å². The maximum Gasteiger partial charge on any atom is 0.511 e. The van der Waals surface area contributed by atoms with Crippen LogP contribution in [0, 0.1) is 0 Å². The molecule has 0 fully saturated rings. The van der Waals surface area contributed by atoms with E-state index in [4.69, 9.17) is 37.4 Å². The Morgan fingerprint density at radius 1 is 1.35 bits per heavy atom. The quantitative estimate of drug-likeness (QED) is 0.334. The molecule has 0 rings (SSSR count). The van der Waals surface area contributed by atoms with Crippen LogP contribution in [-0.4, -0.2) is 29.0 Å². The Kier molecular flexibility index (Phi) is 6.30. The Balaban J connectivity index is 4.43. The first-order valence-electron chi connectivity index (χ1n) is 5.06. The molecular formula is C11H18Cl2O4. The molecule has 0 aromatic heterocycles. The van der Waals surface area contributed by atoms with Crippen molar-refractivity contribution in [3.05, 3.63) is 12.7 Å². The maximum atomic E-state index is 11.4. The summed E-state index contributed by atoms with van der Waals surface area (Å²) in [6, 6.07) is 0. The molecule has 0 saturated heterocycles. The number of hydrogen-bond acceptors (Lipinski definition) is 4. The van der Waals surface area contributed by atoms with E-state index >= 15 is 0 Å². The molecule has 17 heavy (non-hydrogen) atoms. The summed E-state index contributed by atoms with van der Waals surface area (Å²) in [5, 5.41) is 0. The maximum absolute atomic E-state index is 11.4. The van der Waals surface area contributed by atoms with Crippen LogP contribution in [-0.2, 0) is 14.2 Å². The van der Waals surface area contributed by atoms with Gasteiger partial charge in [-0.3, -0.25) is 0 Å². The molecule has 0 radical (unpaired) electrons. The third-order valence-electron chi connectivity index (χ3n) is 1.37. The minimum absolute atomic E-state index is 0.155. The fourth-order valence-corrected chi connectivity index (χ4v) is 1.02. The number of rotatable bonds is 5. The zero-order valence-electron chi connectivity index (χ0n) is 10.5. The first kappa shape index (κ1) is 16.6. The van der Waals surface area contributed by atoms with Crippen molar-refractivity contribution in [2.45, 2.75) is 43.9 Å². The molecule has 0 aliphatic heterocycles. The van der Waals surface area contributed by atoms with Gasteiger partial charge in [-0.15, -0.1) is 6.58 Å². The number of carbonyl (C=O) groups excluding carboxylic acids is 1. The molecule has 1 unspecified atom stereocenters. The lowest BCUT2D eigenvalue weighted by atomic mass is 10.2. The number of halogens is 2. The van der Waals surface area contributed by atoms with E-state index < -0.39 is 22.4 Å². The number of hydrogen-bond donors (Lipinski definition) is 0. The Bertz CT molecular complexity index is 266. The lowest BCUT2D eigenvalue weighted by Crippen LogP contribution is -2.37. The molecule has 0 amide bonds. The van der Waals surface area contributed by atoms with Crippen molar-refractivity contribution in [2.75, 3.05) is 6.61 Å². The van der Waals surface area contributed by atoms with Crippen LogP contribution < -0.4 is 0 Å². The number of alkyl halides is 2. The molecule has 0 aromatic rings. The van der Waals surface area contributed by atoms with Gasteiger partial charge in [0.15, 0.2) is 4.33 Å². The Labute approximate surface area is 112 Å². The molecule has 0 bridgehead atoms. The molecule has 100 valence electrons. The smallest absolute Gasteiger partial charge is 0.429 e. The van der Waals surface area contributed by atoms with E-state index in [-0.39, 0.29) is 6.61 Å². The monoisotopic (exact) mass is 284 g/mol. The first-order valence-corrected chi connectivity index (χ1v) is 5.82. The van der Waals surface area contributed by atoms with Gasteiger partial charge >= 0.3 is 6.16 Å². The third kappa shape index (κ3) is 8.30. The molecular weight excluding hydrogens is 267 g/mol. The predicted octanol–water partition coefficient (Wildman–Crippen LogP) is 3.66. The van der Waals surface area contributed by atoms with Gasteiger partial charge in [-0.25, -0.2) is 4.79 Å².